The van der Waals surface area contributed by atoms with Gasteiger partial charge in [-0.3, -0.25) is 0 Å². The van der Waals surface area contributed by atoms with Gasteiger partial charge in [0, 0.05) is 6.20 Å². The molecule has 3 aromatic rings. The molecule has 0 unspecified atom stereocenters. The summed E-state index contributed by atoms with van der Waals surface area (Å²) >= 11 is 0. The van der Waals surface area contributed by atoms with E-state index in [1.807, 2.05) is 24.3 Å². The number of para-hydroxylation sites is 1. The predicted octanol–water partition coefficient (Wildman–Crippen LogP) is 2.19. The van der Waals surface area contributed by atoms with Gasteiger partial charge in [0.25, 0.3) is 0 Å². The van der Waals surface area contributed by atoms with Gasteiger partial charge in [0.2, 0.25) is 0 Å². The summed E-state index contributed by atoms with van der Waals surface area (Å²) in [7, 11) is 2.95. The summed E-state index contributed by atoms with van der Waals surface area (Å²) in [5, 5.41) is 4.39. The second-order valence-electron chi connectivity index (χ2n) is 4.35. The molecule has 0 saturated carbocycles. The molecule has 6 nitrogen and oxygen atoms in total. The number of hydrogen-bond donors (Lipinski definition) is 0. The summed E-state index contributed by atoms with van der Waals surface area (Å²) in [6.45, 7) is 0. The van der Waals surface area contributed by atoms with Crippen LogP contribution in [0.1, 0.15) is 10.4 Å². The topological polar surface area (TPSA) is 65.7 Å². The van der Waals surface area contributed by atoms with Crippen LogP contribution in [-0.2, 0) is 4.74 Å². The van der Waals surface area contributed by atoms with Crippen LogP contribution in [0.15, 0.2) is 42.6 Å². The molecule has 0 bridgehead atoms. The quantitative estimate of drug-likeness (QED) is 0.689. The Labute approximate surface area is 120 Å². The SMILES string of the molecule is COC(=O)c1ccn2nc(-c3ccccc3OC)nc2c1. The fourth-order valence-corrected chi connectivity index (χ4v) is 2.07. The molecule has 0 aliphatic carbocycles. The van der Waals surface area contributed by atoms with Crippen LogP contribution in [0, 0.1) is 0 Å². The first-order valence-electron chi connectivity index (χ1n) is 6.31. The van der Waals surface area contributed by atoms with Crippen molar-refractivity contribution in [1.82, 2.24) is 14.6 Å². The monoisotopic (exact) mass is 283 g/mol. The van der Waals surface area contributed by atoms with Crippen molar-refractivity contribution in [3.63, 3.8) is 0 Å². The number of hydrogen-bond acceptors (Lipinski definition) is 5. The third kappa shape index (κ3) is 2.31. The van der Waals surface area contributed by atoms with Gasteiger partial charge in [-0.15, -0.1) is 5.10 Å². The van der Waals surface area contributed by atoms with Crippen LogP contribution >= 0.6 is 0 Å². The number of ether oxygens (including phenoxy) is 2. The zero-order valence-corrected chi connectivity index (χ0v) is 11.6. The van der Waals surface area contributed by atoms with Crippen LogP contribution in [0.4, 0.5) is 0 Å². The number of methoxy groups -OCH3 is 2. The van der Waals surface area contributed by atoms with E-state index in [0.29, 0.717) is 22.8 Å². The average Bonchev–Trinajstić information content (AvgIpc) is 2.96. The van der Waals surface area contributed by atoms with Crippen molar-refractivity contribution in [2.45, 2.75) is 0 Å². The Hall–Kier alpha value is -2.89. The highest BCUT2D eigenvalue weighted by molar-refractivity contribution is 5.90. The Balaban J connectivity index is 2.11. The Kier molecular flexibility index (Phi) is 3.27. The number of esters is 1. The molecule has 2 aromatic heterocycles. The molecule has 21 heavy (non-hydrogen) atoms. The number of carbonyl (C=O) groups excluding carboxylic acids is 1. The third-order valence-corrected chi connectivity index (χ3v) is 3.11. The Morgan fingerprint density at radius 1 is 1.19 bits per heavy atom. The fraction of sp³-hybridized carbons (Fsp3) is 0.133. The maximum atomic E-state index is 11.5. The van der Waals surface area contributed by atoms with E-state index < -0.39 is 5.97 Å². The smallest absolute Gasteiger partial charge is 0.338 e. The number of rotatable bonds is 3. The number of carbonyl (C=O) groups is 1. The Morgan fingerprint density at radius 2 is 2.00 bits per heavy atom. The van der Waals surface area contributed by atoms with E-state index in [4.69, 9.17) is 9.47 Å². The van der Waals surface area contributed by atoms with Crippen molar-refractivity contribution < 1.29 is 14.3 Å². The average molecular weight is 283 g/mol. The van der Waals surface area contributed by atoms with Crippen molar-refractivity contribution in [1.29, 1.82) is 0 Å². The molecule has 0 atom stereocenters. The summed E-state index contributed by atoms with van der Waals surface area (Å²) in [4.78, 5) is 16.0. The lowest BCUT2D eigenvalue weighted by molar-refractivity contribution is 0.0600. The second-order valence-corrected chi connectivity index (χ2v) is 4.35. The minimum Gasteiger partial charge on any atom is -0.496 e. The first-order chi connectivity index (χ1) is 10.2. The van der Waals surface area contributed by atoms with Crippen LogP contribution in [0.25, 0.3) is 17.0 Å². The minimum atomic E-state index is -0.403. The zero-order valence-electron chi connectivity index (χ0n) is 11.6. The molecule has 106 valence electrons. The van der Waals surface area contributed by atoms with Crippen molar-refractivity contribution in [3.8, 4) is 17.1 Å². The van der Waals surface area contributed by atoms with Gasteiger partial charge in [-0.1, -0.05) is 12.1 Å². The summed E-state index contributed by atoms with van der Waals surface area (Å²) in [5.41, 5.74) is 1.80. The molecule has 1 aromatic carbocycles. The van der Waals surface area contributed by atoms with E-state index in [1.54, 1.807) is 30.0 Å². The molecular formula is C15H13N3O3. The third-order valence-electron chi connectivity index (χ3n) is 3.11. The maximum Gasteiger partial charge on any atom is 0.338 e. The maximum absolute atomic E-state index is 11.5. The van der Waals surface area contributed by atoms with Crippen LogP contribution in [-0.4, -0.2) is 34.8 Å². The van der Waals surface area contributed by atoms with E-state index in [0.717, 1.165) is 5.56 Å². The van der Waals surface area contributed by atoms with E-state index in [-0.39, 0.29) is 0 Å². The lowest BCUT2D eigenvalue weighted by atomic mass is 10.2. The normalized spacial score (nSPS) is 10.6. The van der Waals surface area contributed by atoms with Crippen LogP contribution in [0.5, 0.6) is 5.75 Å². The Morgan fingerprint density at radius 3 is 2.76 bits per heavy atom. The number of aromatic nitrogens is 3. The lowest BCUT2D eigenvalue weighted by Crippen LogP contribution is -2.02. The zero-order chi connectivity index (χ0) is 14.8. The standard InChI is InChI=1S/C15H13N3O3/c1-20-12-6-4-3-5-11(12)14-16-13-9-10(15(19)21-2)7-8-18(13)17-14/h3-9H,1-2H3. The lowest BCUT2D eigenvalue weighted by Gasteiger charge is -2.03. The number of pyridine rings is 1. The van der Waals surface area contributed by atoms with E-state index >= 15 is 0 Å². The van der Waals surface area contributed by atoms with Crippen molar-refractivity contribution in [3.05, 3.63) is 48.2 Å². The highest BCUT2D eigenvalue weighted by Crippen LogP contribution is 2.27. The van der Waals surface area contributed by atoms with Crippen molar-refractivity contribution in [2.75, 3.05) is 14.2 Å². The minimum absolute atomic E-state index is 0.403. The summed E-state index contributed by atoms with van der Waals surface area (Å²) in [6.07, 6.45) is 1.67. The number of nitrogens with zero attached hydrogens (tertiary/aromatic N) is 3. The molecule has 2 heterocycles. The molecule has 0 spiro atoms. The first-order valence-corrected chi connectivity index (χ1v) is 6.31. The molecule has 0 radical (unpaired) electrons. The van der Waals surface area contributed by atoms with E-state index in [1.165, 1.54) is 7.11 Å². The largest absolute Gasteiger partial charge is 0.496 e. The van der Waals surface area contributed by atoms with E-state index in [2.05, 4.69) is 10.1 Å². The molecule has 0 saturated heterocycles. The summed E-state index contributed by atoms with van der Waals surface area (Å²) in [5.74, 6) is 0.829. The number of benzene rings is 1. The van der Waals surface area contributed by atoms with E-state index in [9.17, 15) is 4.79 Å². The van der Waals surface area contributed by atoms with Gasteiger partial charge in [0.05, 0.1) is 25.3 Å². The molecule has 0 aliphatic heterocycles. The van der Waals surface area contributed by atoms with Gasteiger partial charge in [0.1, 0.15) is 5.75 Å². The molecule has 3 rings (SSSR count). The van der Waals surface area contributed by atoms with Crippen molar-refractivity contribution in [2.24, 2.45) is 0 Å². The van der Waals surface area contributed by atoms with Crippen LogP contribution < -0.4 is 4.74 Å². The molecule has 0 amide bonds. The Bertz CT molecular complexity index is 811. The molecule has 6 heteroatoms. The van der Waals surface area contributed by atoms with Gasteiger partial charge in [-0.2, -0.15) is 0 Å². The molecule has 0 fully saturated rings. The van der Waals surface area contributed by atoms with Gasteiger partial charge in [-0.05, 0) is 24.3 Å². The molecule has 0 N–H and O–H groups in total. The highest BCUT2D eigenvalue weighted by Gasteiger charge is 2.13. The fourth-order valence-electron chi connectivity index (χ4n) is 2.07. The summed E-state index contributed by atoms with van der Waals surface area (Å²) < 4.78 is 11.6. The van der Waals surface area contributed by atoms with Gasteiger partial charge in [-0.25, -0.2) is 14.3 Å². The van der Waals surface area contributed by atoms with Crippen molar-refractivity contribution >= 4 is 11.6 Å². The summed E-state index contributed by atoms with van der Waals surface area (Å²) in [6, 6.07) is 10.8. The second kappa shape index (κ2) is 5.24. The van der Waals surface area contributed by atoms with Gasteiger partial charge < -0.3 is 9.47 Å². The van der Waals surface area contributed by atoms with Crippen LogP contribution in [0.2, 0.25) is 0 Å². The first kappa shape index (κ1) is 13.1. The van der Waals surface area contributed by atoms with Crippen LogP contribution in [0.3, 0.4) is 0 Å². The molecular weight excluding hydrogens is 270 g/mol. The number of fused-ring (bicyclic) bond motifs is 1. The highest BCUT2D eigenvalue weighted by atomic mass is 16.5. The predicted molar refractivity (Wildman–Crippen MR) is 76.3 cm³/mol. The van der Waals surface area contributed by atoms with Gasteiger partial charge in [0.15, 0.2) is 11.5 Å². The molecule has 0 aliphatic rings. The van der Waals surface area contributed by atoms with Gasteiger partial charge >= 0.3 is 5.97 Å².